The third-order valence-electron chi connectivity index (χ3n) is 5.03. The molecule has 2 unspecified atom stereocenters. The van der Waals surface area contributed by atoms with Crippen molar-refractivity contribution in [3.8, 4) is 5.75 Å². The molecule has 0 spiro atoms. The molecule has 7 heteroatoms. The Balaban J connectivity index is 0.00000341. The SMILES string of the molecule is CCNC(=NCC1CCOC1c1ccccc1)Nc1cccc(OCCCOC)c1.I. The lowest BCUT2D eigenvalue weighted by molar-refractivity contribution is 0.0926. The minimum absolute atomic E-state index is 0. The molecule has 0 aliphatic carbocycles. The van der Waals surface area contributed by atoms with Gasteiger partial charge in [-0.05, 0) is 31.0 Å². The maximum absolute atomic E-state index is 6.00. The van der Waals surface area contributed by atoms with Crippen LogP contribution in [0.2, 0.25) is 0 Å². The van der Waals surface area contributed by atoms with Crippen molar-refractivity contribution in [1.82, 2.24) is 5.32 Å². The predicted molar refractivity (Wildman–Crippen MR) is 137 cm³/mol. The molecule has 3 rings (SSSR count). The summed E-state index contributed by atoms with van der Waals surface area (Å²) in [5.41, 5.74) is 2.17. The van der Waals surface area contributed by atoms with Crippen LogP contribution in [0.25, 0.3) is 0 Å². The van der Waals surface area contributed by atoms with Gasteiger partial charge in [-0.15, -0.1) is 24.0 Å². The van der Waals surface area contributed by atoms with E-state index in [1.54, 1.807) is 7.11 Å². The van der Waals surface area contributed by atoms with Crippen molar-refractivity contribution < 1.29 is 14.2 Å². The van der Waals surface area contributed by atoms with Crippen LogP contribution in [-0.4, -0.2) is 46.0 Å². The molecule has 0 aromatic heterocycles. The second-order valence-corrected chi connectivity index (χ2v) is 7.32. The van der Waals surface area contributed by atoms with Gasteiger partial charge < -0.3 is 24.8 Å². The van der Waals surface area contributed by atoms with Crippen LogP contribution < -0.4 is 15.4 Å². The Morgan fingerprint density at radius 3 is 2.74 bits per heavy atom. The maximum atomic E-state index is 6.00. The zero-order chi connectivity index (χ0) is 21.0. The normalized spacial score (nSPS) is 18.3. The predicted octanol–water partition coefficient (Wildman–Crippen LogP) is 4.88. The molecule has 1 heterocycles. The topological polar surface area (TPSA) is 64.1 Å². The molecule has 2 aromatic rings. The van der Waals surface area contributed by atoms with Crippen LogP contribution in [-0.2, 0) is 9.47 Å². The quantitative estimate of drug-likeness (QED) is 0.195. The highest BCUT2D eigenvalue weighted by molar-refractivity contribution is 14.0. The second kappa shape index (κ2) is 14.3. The molecule has 2 N–H and O–H groups in total. The Labute approximate surface area is 202 Å². The minimum atomic E-state index is 0. The van der Waals surface area contributed by atoms with E-state index in [2.05, 4.69) is 41.8 Å². The van der Waals surface area contributed by atoms with Gasteiger partial charge in [0.1, 0.15) is 5.75 Å². The summed E-state index contributed by atoms with van der Waals surface area (Å²) >= 11 is 0. The summed E-state index contributed by atoms with van der Waals surface area (Å²) in [4.78, 5) is 4.84. The zero-order valence-corrected chi connectivity index (χ0v) is 20.7. The van der Waals surface area contributed by atoms with Crippen molar-refractivity contribution >= 4 is 35.6 Å². The maximum Gasteiger partial charge on any atom is 0.195 e. The van der Waals surface area contributed by atoms with Gasteiger partial charge in [-0.1, -0.05) is 36.4 Å². The van der Waals surface area contributed by atoms with Crippen molar-refractivity contribution in [3.63, 3.8) is 0 Å². The molecule has 1 aliphatic rings. The van der Waals surface area contributed by atoms with Crippen LogP contribution in [0, 0.1) is 5.92 Å². The molecule has 0 bridgehead atoms. The molecule has 1 aliphatic heterocycles. The molecule has 0 amide bonds. The molecule has 6 nitrogen and oxygen atoms in total. The van der Waals surface area contributed by atoms with E-state index in [0.29, 0.717) is 25.7 Å². The van der Waals surface area contributed by atoms with E-state index >= 15 is 0 Å². The van der Waals surface area contributed by atoms with Crippen molar-refractivity contribution in [2.45, 2.75) is 25.9 Å². The summed E-state index contributed by atoms with van der Waals surface area (Å²) < 4.78 is 16.9. The first-order valence-electron chi connectivity index (χ1n) is 10.7. The lowest BCUT2D eigenvalue weighted by Crippen LogP contribution is -2.31. The molecular formula is C24H34IN3O3. The second-order valence-electron chi connectivity index (χ2n) is 7.32. The van der Waals surface area contributed by atoms with Gasteiger partial charge in [0.2, 0.25) is 0 Å². The molecule has 1 fully saturated rings. The van der Waals surface area contributed by atoms with E-state index in [1.807, 2.05) is 30.3 Å². The van der Waals surface area contributed by atoms with E-state index in [9.17, 15) is 0 Å². The van der Waals surface area contributed by atoms with Gasteiger partial charge in [-0.3, -0.25) is 4.99 Å². The zero-order valence-electron chi connectivity index (χ0n) is 18.4. The Bertz CT molecular complexity index is 789. The first kappa shape index (κ1) is 25.4. The summed E-state index contributed by atoms with van der Waals surface area (Å²) in [5, 5.41) is 6.72. The summed E-state index contributed by atoms with van der Waals surface area (Å²) in [6.07, 6.45) is 2.00. The molecule has 0 saturated carbocycles. The van der Waals surface area contributed by atoms with Gasteiger partial charge in [0.15, 0.2) is 5.96 Å². The number of benzene rings is 2. The number of anilines is 1. The number of nitrogens with one attached hydrogen (secondary N) is 2. The van der Waals surface area contributed by atoms with Crippen LogP contribution >= 0.6 is 24.0 Å². The van der Waals surface area contributed by atoms with Gasteiger partial charge in [-0.25, -0.2) is 0 Å². The largest absolute Gasteiger partial charge is 0.493 e. The van der Waals surface area contributed by atoms with Crippen LogP contribution in [0.3, 0.4) is 0 Å². The number of nitrogens with zero attached hydrogens (tertiary/aromatic N) is 1. The Morgan fingerprint density at radius 2 is 1.97 bits per heavy atom. The summed E-state index contributed by atoms with van der Waals surface area (Å²) in [5.74, 6) is 1.98. The molecule has 1 saturated heterocycles. The number of ether oxygens (including phenoxy) is 3. The highest BCUT2D eigenvalue weighted by atomic mass is 127. The standard InChI is InChI=1S/C24H33N3O3.HI/c1-3-25-24(27-21-11-7-12-22(17-21)29-15-8-14-28-2)26-18-20-13-16-30-23(20)19-9-5-4-6-10-19;/h4-7,9-12,17,20,23H,3,8,13-16,18H2,1-2H3,(H2,25,26,27);1H. The first-order valence-corrected chi connectivity index (χ1v) is 10.7. The fourth-order valence-corrected chi connectivity index (χ4v) is 3.54. The lowest BCUT2D eigenvalue weighted by Gasteiger charge is -2.18. The van der Waals surface area contributed by atoms with E-state index < -0.39 is 0 Å². The first-order chi connectivity index (χ1) is 14.8. The number of hydrogen-bond donors (Lipinski definition) is 2. The van der Waals surface area contributed by atoms with Crippen molar-refractivity contribution in [3.05, 3.63) is 60.2 Å². The highest BCUT2D eigenvalue weighted by Gasteiger charge is 2.29. The van der Waals surface area contributed by atoms with Gasteiger partial charge >= 0.3 is 0 Å². The van der Waals surface area contributed by atoms with Gasteiger partial charge in [0.25, 0.3) is 0 Å². The fourth-order valence-electron chi connectivity index (χ4n) is 3.54. The van der Waals surface area contributed by atoms with Crippen LogP contribution in [0.4, 0.5) is 5.69 Å². The van der Waals surface area contributed by atoms with Gasteiger partial charge in [0.05, 0.1) is 12.7 Å². The third kappa shape index (κ3) is 8.31. The molecule has 31 heavy (non-hydrogen) atoms. The number of halogens is 1. The van der Waals surface area contributed by atoms with Crippen molar-refractivity contribution in [2.75, 3.05) is 45.3 Å². The summed E-state index contributed by atoms with van der Waals surface area (Å²) in [7, 11) is 1.70. The molecule has 0 radical (unpaired) electrons. The van der Waals surface area contributed by atoms with E-state index in [1.165, 1.54) is 5.56 Å². The van der Waals surface area contributed by atoms with Crippen LogP contribution in [0.5, 0.6) is 5.75 Å². The van der Waals surface area contributed by atoms with E-state index in [0.717, 1.165) is 43.4 Å². The number of rotatable bonds is 10. The van der Waals surface area contributed by atoms with Crippen LogP contribution in [0.15, 0.2) is 59.6 Å². The Hall–Kier alpha value is -1.84. The Morgan fingerprint density at radius 1 is 1.13 bits per heavy atom. The molecular weight excluding hydrogens is 505 g/mol. The van der Waals surface area contributed by atoms with Gasteiger partial charge in [-0.2, -0.15) is 0 Å². The summed E-state index contributed by atoms with van der Waals surface area (Å²) in [6, 6.07) is 18.4. The fraction of sp³-hybridized carbons (Fsp3) is 0.458. The Kier molecular flexibility index (Phi) is 11.7. The van der Waals surface area contributed by atoms with E-state index in [4.69, 9.17) is 19.2 Å². The number of methoxy groups -OCH3 is 1. The average Bonchev–Trinajstić information content (AvgIpc) is 3.25. The number of hydrogen-bond acceptors (Lipinski definition) is 4. The molecule has 2 aromatic carbocycles. The summed E-state index contributed by atoms with van der Waals surface area (Å²) in [6.45, 7) is 5.69. The van der Waals surface area contributed by atoms with E-state index in [-0.39, 0.29) is 30.1 Å². The monoisotopic (exact) mass is 539 g/mol. The number of guanidine groups is 1. The van der Waals surface area contributed by atoms with Gasteiger partial charge in [0, 0.05) is 57.5 Å². The van der Waals surface area contributed by atoms with Crippen molar-refractivity contribution in [1.29, 1.82) is 0 Å². The minimum Gasteiger partial charge on any atom is -0.493 e. The number of aliphatic imine (C=N–C) groups is 1. The third-order valence-corrected chi connectivity index (χ3v) is 5.03. The molecule has 2 atom stereocenters. The van der Waals surface area contributed by atoms with Crippen molar-refractivity contribution in [2.24, 2.45) is 10.9 Å². The smallest absolute Gasteiger partial charge is 0.195 e. The lowest BCUT2D eigenvalue weighted by atomic mass is 9.95. The average molecular weight is 539 g/mol. The highest BCUT2D eigenvalue weighted by Crippen LogP contribution is 2.34. The molecule has 170 valence electrons. The van der Waals surface area contributed by atoms with Crippen LogP contribution in [0.1, 0.15) is 31.4 Å².